The molecule has 0 aromatic rings. The molecule has 92 valence electrons. The van der Waals surface area contributed by atoms with E-state index in [9.17, 15) is 4.79 Å². The second-order valence-corrected chi connectivity index (χ2v) is 6.43. The molecular weight excluding hydrogens is 216 g/mol. The molecule has 0 saturated carbocycles. The molecule has 0 spiro atoms. The molecule has 0 N–H and O–H groups in total. The van der Waals surface area contributed by atoms with Crippen LogP contribution in [0.1, 0.15) is 53.4 Å². The van der Waals surface area contributed by atoms with E-state index in [1.54, 1.807) is 11.8 Å². The van der Waals surface area contributed by atoms with E-state index < -0.39 is 0 Å². The summed E-state index contributed by atoms with van der Waals surface area (Å²) in [7, 11) is 0. The molecule has 0 aromatic carbocycles. The molecule has 1 aliphatic carbocycles. The molecule has 1 nitrogen and oxygen atoms in total. The predicted octanol–water partition coefficient (Wildman–Crippen LogP) is 4.22. The first-order chi connectivity index (χ1) is 7.44. The molecule has 0 aromatic heterocycles. The molecule has 0 amide bonds. The molecule has 0 bridgehead atoms. The molecule has 0 heterocycles. The van der Waals surface area contributed by atoms with E-state index in [0.29, 0.717) is 5.78 Å². The normalized spacial score (nSPS) is 22.1. The zero-order valence-corrected chi connectivity index (χ0v) is 12.0. The van der Waals surface area contributed by atoms with Crippen LogP contribution in [0.2, 0.25) is 0 Å². The van der Waals surface area contributed by atoms with Gasteiger partial charge in [0.2, 0.25) is 0 Å². The molecule has 1 rings (SSSR count). The Bertz CT molecular complexity index is 298. The molecule has 0 aliphatic heterocycles. The number of allylic oxidation sites excluding steroid dienone is 2. The van der Waals surface area contributed by atoms with Gasteiger partial charge in [-0.25, -0.2) is 0 Å². The van der Waals surface area contributed by atoms with Crippen molar-refractivity contribution in [3.8, 4) is 0 Å². The third-order valence-corrected chi connectivity index (χ3v) is 4.77. The van der Waals surface area contributed by atoms with Crippen LogP contribution in [0.25, 0.3) is 0 Å². The maximum Gasteiger partial charge on any atom is 0.172 e. The quantitative estimate of drug-likeness (QED) is 0.731. The van der Waals surface area contributed by atoms with E-state index in [0.717, 1.165) is 24.8 Å². The van der Waals surface area contributed by atoms with E-state index in [1.807, 2.05) is 6.26 Å². The summed E-state index contributed by atoms with van der Waals surface area (Å²) in [4.78, 5) is 12.5. The standard InChI is InChI=1S/C14H24OS/c1-6-11(16-5)13(15)12-10(2)8-7-9-14(12,3)4/h11H,6-9H2,1-5H3. The average Bonchev–Trinajstić information content (AvgIpc) is 2.17. The van der Waals surface area contributed by atoms with Gasteiger partial charge in [-0.2, -0.15) is 11.8 Å². The number of thioether (sulfide) groups is 1. The van der Waals surface area contributed by atoms with Crippen LogP contribution in [0, 0.1) is 5.41 Å². The lowest BCUT2D eigenvalue weighted by Gasteiger charge is -2.34. The fraction of sp³-hybridized carbons (Fsp3) is 0.786. The fourth-order valence-electron chi connectivity index (χ4n) is 2.79. The van der Waals surface area contributed by atoms with Gasteiger partial charge in [-0.15, -0.1) is 0 Å². The first kappa shape index (κ1) is 13.8. The number of Topliss-reactive ketones (excluding diaryl/α,β-unsaturated/α-hetero) is 1. The van der Waals surface area contributed by atoms with E-state index >= 15 is 0 Å². The summed E-state index contributed by atoms with van der Waals surface area (Å²) < 4.78 is 0. The summed E-state index contributed by atoms with van der Waals surface area (Å²) in [6.45, 7) is 8.68. The number of ketones is 1. The molecule has 16 heavy (non-hydrogen) atoms. The Hall–Kier alpha value is -0.240. The fourth-order valence-corrected chi connectivity index (χ4v) is 3.45. The minimum absolute atomic E-state index is 0.0859. The summed E-state index contributed by atoms with van der Waals surface area (Å²) in [5, 5.41) is 0.155. The molecule has 0 radical (unpaired) electrons. The Balaban J connectivity index is 3.04. The number of hydrogen-bond acceptors (Lipinski definition) is 2. The summed E-state index contributed by atoms with van der Waals surface area (Å²) in [5.41, 5.74) is 2.54. The van der Waals surface area contributed by atoms with E-state index in [4.69, 9.17) is 0 Å². The smallest absolute Gasteiger partial charge is 0.172 e. The van der Waals surface area contributed by atoms with Crippen molar-refractivity contribution in [1.82, 2.24) is 0 Å². The third kappa shape index (κ3) is 2.71. The maximum atomic E-state index is 12.5. The lowest BCUT2D eigenvalue weighted by Crippen LogP contribution is -2.31. The van der Waals surface area contributed by atoms with Crippen LogP contribution in [0.15, 0.2) is 11.1 Å². The Morgan fingerprint density at radius 3 is 2.56 bits per heavy atom. The van der Waals surface area contributed by atoms with Crippen LogP contribution in [-0.4, -0.2) is 17.3 Å². The number of rotatable bonds is 4. The van der Waals surface area contributed by atoms with Gasteiger partial charge in [0.05, 0.1) is 5.25 Å². The lowest BCUT2D eigenvalue weighted by molar-refractivity contribution is -0.116. The SMILES string of the molecule is CCC(SC)C(=O)C1=C(C)CCCC1(C)C. The van der Waals surface area contributed by atoms with Crippen molar-refractivity contribution in [2.24, 2.45) is 5.41 Å². The van der Waals surface area contributed by atoms with Crippen LogP contribution in [-0.2, 0) is 4.79 Å². The third-order valence-electron chi connectivity index (χ3n) is 3.65. The van der Waals surface area contributed by atoms with Crippen LogP contribution in [0.5, 0.6) is 0 Å². The van der Waals surface area contributed by atoms with Crippen molar-refractivity contribution in [2.75, 3.05) is 6.26 Å². The highest BCUT2D eigenvalue weighted by Crippen LogP contribution is 2.42. The summed E-state index contributed by atoms with van der Waals surface area (Å²) in [6.07, 6.45) is 6.46. The molecule has 1 aliphatic rings. The summed E-state index contributed by atoms with van der Waals surface area (Å²) in [5.74, 6) is 0.386. The van der Waals surface area contributed by atoms with Crippen molar-refractivity contribution in [1.29, 1.82) is 0 Å². The van der Waals surface area contributed by atoms with Crippen LogP contribution >= 0.6 is 11.8 Å². The zero-order chi connectivity index (χ0) is 12.3. The Morgan fingerprint density at radius 1 is 1.50 bits per heavy atom. The van der Waals surface area contributed by atoms with Gasteiger partial charge < -0.3 is 0 Å². The van der Waals surface area contributed by atoms with Crippen LogP contribution < -0.4 is 0 Å². The number of hydrogen-bond donors (Lipinski definition) is 0. The summed E-state index contributed by atoms with van der Waals surface area (Å²) in [6, 6.07) is 0. The van der Waals surface area contributed by atoms with Gasteiger partial charge in [0.25, 0.3) is 0 Å². The first-order valence-electron chi connectivity index (χ1n) is 6.21. The van der Waals surface area contributed by atoms with E-state index in [2.05, 4.69) is 27.7 Å². The zero-order valence-electron chi connectivity index (χ0n) is 11.2. The van der Waals surface area contributed by atoms with E-state index in [1.165, 1.54) is 12.0 Å². The topological polar surface area (TPSA) is 17.1 Å². The highest BCUT2D eigenvalue weighted by Gasteiger charge is 2.35. The average molecular weight is 240 g/mol. The van der Waals surface area contributed by atoms with Gasteiger partial charge in [-0.1, -0.05) is 26.3 Å². The Kier molecular flexibility index (Phi) is 4.66. The highest BCUT2D eigenvalue weighted by atomic mass is 32.2. The second kappa shape index (κ2) is 5.39. The number of carbonyl (C=O) groups excluding carboxylic acids is 1. The van der Waals surface area contributed by atoms with Gasteiger partial charge in [-0.05, 0) is 44.3 Å². The van der Waals surface area contributed by atoms with Crippen LogP contribution in [0.3, 0.4) is 0 Å². The molecule has 0 fully saturated rings. The van der Waals surface area contributed by atoms with Gasteiger partial charge in [-0.3, -0.25) is 4.79 Å². The minimum atomic E-state index is 0.0859. The van der Waals surface area contributed by atoms with Gasteiger partial charge >= 0.3 is 0 Å². The van der Waals surface area contributed by atoms with Gasteiger partial charge in [0.15, 0.2) is 5.78 Å². The summed E-state index contributed by atoms with van der Waals surface area (Å²) >= 11 is 1.69. The van der Waals surface area contributed by atoms with Crippen molar-refractivity contribution in [2.45, 2.75) is 58.6 Å². The van der Waals surface area contributed by atoms with Crippen molar-refractivity contribution in [3.63, 3.8) is 0 Å². The van der Waals surface area contributed by atoms with Crippen molar-refractivity contribution >= 4 is 17.5 Å². The molecule has 1 atom stereocenters. The minimum Gasteiger partial charge on any atom is -0.293 e. The van der Waals surface area contributed by atoms with E-state index in [-0.39, 0.29) is 10.7 Å². The lowest BCUT2D eigenvalue weighted by atomic mass is 9.70. The maximum absolute atomic E-state index is 12.5. The molecule has 1 unspecified atom stereocenters. The number of carbonyl (C=O) groups is 1. The monoisotopic (exact) mass is 240 g/mol. The second-order valence-electron chi connectivity index (χ2n) is 5.39. The van der Waals surface area contributed by atoms with Gasteiger partial charge in [0.1, 0.15) is 0 Å². The Morgan fingerprint density at radius 2 is 2.12 bits per heavy atom. The Labute approximate surface area is 104 Å². The molecule has 2 heteroatoms. The van der Waals surface area contributed by atoms with Crippen molar-refractivity contribution < 1.29 is 4.79 Å². The first-order valence-corrected chi connectivity index (χ1v) is 7.50. The van der Waals surface area contributed by atoms with Gasteiger partial charge in [0, 0.05) is 5.57 Å². The van der Waals surface area contributed by atoms with Crippen molar-refractivity contribution in [3.05, 3.63) is 11.1 Å². The highest BCUT2D eigenvalue weighted by molar-refractivity contribution is 7.99. The van der Waals surface area contributed by atoms with Crippen LogP contribution in [0.4, 0.5) is 0 Å². The predicted molar refractivity (Wildman–Crippen MR) is 72.9 cm³/mol. The largest absolute Gasteiger partial charge is 0.293 e. The molecular formula is C14H24OS. The molecule has 0 saturated heterocycles.